The molecule has 9 nitrogen and oxygen atoms in total. The van der Waals surface area contributed by atoms with E-state index >= 15 is 0 Å². The van der Waals surface area contributed by atoms with Crippen LogP contribution in [0.1, 0.15) is 29.4 Å². The highest BCUT2D eigenvalue weighted by Gasteiger charge is 2.48. The largest absolute Gasteiger partial charge is 0.418 e. The van der Waals surface area contributed by atoms with Gasteiger partial charge in [0.05, 0.1) is 28.5 Å². The molecule has 0 radical (unpaired) electrons. The SMILES string of the molecule is Cc1nc([C@@H]2O[C@H](CO)[C@H](O)[C@H](n3cc(-c4ccc(Br)c(F)c4F)cn3)[C@H]2O)n(-c2cc(Cl)ccc2C(F)(F)F)n1. The van der Waals surface area contributed by atoms with Gasteiger partial charge in [0.1, 0.15) is 36.3 Å². The van der Waals surface area contributed by atoms with Gasteiger partial charge in [-0.25, -0.2) is 18.4 Å². The first-order valence-corrected chi connectivity index (χ1v) is 13.1. The highest BCUT2D eigenvalue weighted by molar-refractivity contribution is 9.10. The third-order valence-electron chi connectivity index (χ3n) is 6.63. The van der Waals surface area contributed by atoms with E-state index in [0.29, 0.717) is 0 Å². The highest BCUT2D eigenvalue weighted by Crippen LogP contribution is 2.41. The summed E-state index contributed by atoms with van der Waals surface area (Å²) in [7, 11) is 0. The molecule has 1 fully saturated rings. The summed E-state index contributed by atoms with van der Waals surface area (Å²) in [5.41, 5.74) is -1.63. The first-order chi connectivity index (χ1) is 19.3. The number of nitrogens with zero attached hydrogens (tertiary/aromatic N) is 5. The lowest BCUT2D eigenvalue weighted by atomic mass is 9.92. The van der Waals surface area contributed by atoms with Gasteiger partial charge < -0.3 is 20.1 Å². The van der Waals surface area contributed by atoms with E-state index in [9.17, 15) is 37.3 Å². The molecule has 2 aromatic heterocycles. The second kappa shape index (κ2) is 11.0. The van der Waals surface area contributed by atoms with E-state index in [1.807, 2.05) is 0 Å². The minimum atomic E-state index is -4.80. The van der Waals surface area contributed by atoms with Crippen LogP contribution in [-0.2, 0) is 10.9 Å². The summed E-state index contributed by atoms with van der Waals surface area (Å²) in [6.45, 7) is 0.661. The first kappa shape index (κ1) is 29.5. The highest BCUT2D eigenvalue weighted by atomic mass is 79.9. The average molecular weight is 665 g/mol. The van der Waals surface area contributed by atoms with Gasteiger partial charge in [0.25, 0.3) is 0 Å². The van der Waals surface area contributed by atoms with E-state index in [4.69, 9.17) is 16.3 Å². The van der Waals surface area contributed by atoms with E-state index in [1.165, 1.54) is 31.5 Å². The topological polar surface area (TPSA) is 118 Å². The fourth-order valence-electron chi connectivity index (χ4n) is 4.73. The second-order valence-electron chi connectivity index (χ2n) is 9.27. The number of aromatic nitrogens is 5. The molecule has 218 valence electrons. The fraction of sp³-hybridized carbons (Fsp3) is 0.320. The van der Waals surface area contributed by atoms with Crippen molar-refractivity contribution in [2.45, 2.75) is 43.6 Å². The van der Waals surface area contributed by atoms with Gasteiger partial charge in [0, 0.05) is 22.3 Å². The van der Waals surface area contributed by atoms with E-state index in [2.05, 4.69) is 31.1 Å². The molecule has 1 aliphatic rings. The Hall–Kier alpha value is -2.95. The number of aliphatic hydroxyl groups excluding tert-OH is 3. The number of hydrogen-bond donors (Lipinski definition) is 3. The Balaban J connectivity index is 1.59. The molecule has 1 saturated heterocycles. The Bertz CT molecular complexity index is 1600. The van der Waals surface area contributed by atoms with Crippen molar-refractivity contribution in [3.63, 3.8) is 0 Å². The standard InChI is InChI=1S/C25H20BrClF5N5O4/c1-10-34-24(37(35-10)16-6-12(27)2-4-14(16)25(30,31)32)23-22(40)20(21(39)17(9-38)41-23)36-8-11(7-33-36)13-3-5-15(26)19(29)18(13)28/h2-8,17,20-23,38-40H,9H2,1H3/t17-,20+,21+,22-,23-/m1/s1. The van der Waals surface area contributed by atoms with Gasteiger partial charge in [-0.15, -0.1) is 0 Å². The van der Waals surface area contributed by atoms with Crippen molar-refractivity contribution in [2.75, 3.05) is 6.61 Å². The van der Waals surface area contributed by atoms with Crippen LogP contribution in [0.5, 0.6) is 0 Å². The van der Waals surface area contributed by atoms with Crippen LogP contribution in [0.4, 0.5) is 22.0 Å². The molecule has 0 amide bonds. The number of halogens is 7. The van der Waals surface area contributed by atoms with Gasteiger partial charge in [-0.05, 0) is 53.2 Å². The zero-order valence-electron chi connectivity index (χ0n) is 20.8. The molecule has 0 unspecified atom stereocenters. The molecular weight excluding hydrogens is 645 g/mol. The number of aryl methyl sites for hydroxylation is 1. The van der Waals surface area contributed by atoms with Crippen LogP contribution in [0.25, 0.3) is 16.8 Å². The van der Waals surface area contributed by atoms with E-state index in [1.54, 1.807) is 0 Å². The van der Waals surface area contributed by atoms with E-state index in [-0.39, 0.29) is 32.3 Å². The predicted octanol–water partition coefficient (Wildman–Crippen LogP) is 4.55. The van der Waals surface area contributed by atoms with Crippen molar-refractivity contribution < 1.29 is 42.0 Å². The zero-order chi connectivity index (χ0) is 29.8. The van der Waals surface area contributed by atoms with Crippen molar-refractivity contribution in [3.05, 3.63) is 81.1 Å². The molecule has 4 aromatic rings. The van der Waals surface area contributed by atoms with Gasteiger partial charge in [-0.2, -0.15) is 23.4 Å². The molecule has 5 atom stereocenters. The number of rotatable bonds is 5. The van der Waals surface area contributed by atoms with Crippen LogP contribution < -0.4 is 0 Å². The molecule has 3 N–H and O–H groups in total. The second-order valence-corrected chi connectivity index (χ2v) is 10.6. The quantitative estimate of drug-likeness (QED) is 0.212. The summed E-state index contributed by atoms with van der Waals surface area (Å²) in [6, 6.07) is 4.09. The minimum Gasteiger partial charge on any atom is -0.394 e. The Labute approximate surface area is 241 Å². The molecule has 0 saturated carbocycles. The van der Waals surface area contributed by atoms with Crippen LogP contribution in [-0.4, -0.2) is 64.8 Å². The van der Waals surface area contributed by atoms with Crippen LogP contribution in [0.3, 0.4) is 0 Å². The number of alkyl halides is 3. The van der Waals surface area contributed by atoms with Crippen LogP contribution in [0.2, 0.25) is 5.02 Å². The normalized spacial score (nSPS) is 23.2. The van der Waals surface area contributed by atoms with Crippen molar-refractivity contribution in [2.24, 2.45) is 0 Å². The van der Waals surface area contributed by atoms with Crippen molar-refractivity contribution >= 4 is 27.5 Å². The van der Waals surface area contributed by atoms with Gasteiger partial charge >= 0.3 is 6.18 Å². The lowest BCUT2D eigenvalue weighted by Crippen LogP contribution is -2.53. The van der Waals surface area contributed by atoms with Crippen molar-refractivity contribution in [1.82, 2.24) is 24.5 Å². The Morgan fingerprint density at radius 1 is 1.10 bits per heavy atom. The summed E-state index contributed by atoms with van der Waals surface area (Å²) in [4.78, 5) is 4.19. The average Bonchev–Trinajstić information content (AvgIpc) is 3.54. The number of benzene rings is 2. The van der Waals surface area contributed by atoms with Gasteiger partial charge in [-0.1, -0.05) is 11.6 Å². The van der Waals surface area contributed by atoms with E-state index in [0.717, 1.165) is 27.6 Å². The Kier molecular flexibility index (Phi) is 7.95. The summed E-state index contributed by atoms with van der Waals surface area (Å²) in [5.74, 6) is -2.54. The first-order valence-electron chi connectivity index (χ1n) is 11.9. The number of aliphatic hydroxyl groups is 3. The Morgan fingerprint density at radius 2 is 1.83 bits per heavy atom. The fourth-order valence-corrected chi connectivity index (χ4v) is 5.20. The summed E-state index contributed by atoms with van der Waals surface area (Å²) < 4.78 is 77.9. The van der Waals surface area contributed by atoms with Crippen LogP contribution in [0, 0.1) is 18.6 Å². The third-order valence-corrected chi connectivity index (χ3v) is 7.48. The van der Waals surface area contributed by atoms with Gasteiger partial charge in [-0.3, -0.25) is 4.68 Å². The maximum atomic E-state index is 14.6. The molecule has 3 heterocycles. The smallest absolute Gasteiger partial charge is 0.394 e. The molecule has 2 aromatic carbocycles. The molecular formula is C25H20BrClF5N5O4. The van der Waals surface area contributed by atoms with E-state index < -0.39 is 66.1 Å². The molecule has 5 rings (SSSR count). The minimum absolute atomic E-state index is 0.0283. The summed E-state index contributed by atoms with van der Waals surface area (Å²) in [6.07, 6.45) is -8.57. The zero-order valence-corrected chi connectivity index (χ0v) is 23.1. The molecule has 1 aliphatic heterocycles. The van der Waals surface area contributed by atoms with Crippen LogP contribution >= 0.6 is 27.5 Å². The maximum absolute atomic E-state index is 14.6. The Morgan fingerprint density at radius 3 is 2.51 bits per heavy atom. The predicted molar refractivity (Wildman–Crippen MR) is 137 cm³/mol. The number of hydrogen-bond acceptors (Lipinski definition) is 7. The molecule has 41 heavy (non-hydrogen) atoms. The van der Waals surface area contributed by atoms with Crippen molar-refractivity contribution in [1.29, 1.82) is 0 Å². The number of ether oxygens (including phenoxy) is 1. The maximum Gasteiger partial charge on any atom is 0.418 e. The third kappa shape index (κ3) is 5.37. The lowest BCUT2D eigenvalue weighted by Gasteiger charge is -2.42. The van der Waals surface area contributed by atoms with Gasteiger partial charge in [0.2, 0.25) is 0 Å². The molecule has 0 spiro atoms. The lowest BCUT2D eigenvalue weighted by molar-refractivity contribution is -0.210. The molecule has 0 bridgehead atoms. The van der Waals surface area contributed by atoms with Crippen molar-refractivity contribution in [3.8, 4) is 16.8 Å². The summed E-state index contributed by atoms with van der Waals surface area (Å²) >= 11 is 8.90. The molecule has 0 aliphatic carbocycles. The van der Waals surface area contributed by atoms with Crippen LogP contribution in [0.15, 0.2) is 47.2 Å². The van der Waals surface area contributed by atoms with Gasteiger partial charge in [0.15, 0.2) is 17.5 Å². The monoisotopic (exact) mass is 663 g/mol. The summed E-state index contributed by atoms with van der Waals surface area (Å²) in [5, 5.41) is 40.4. The molecule has 16 heteroatoms.